The predicted molar refractivity (Wildman–Crippen MR) is 109 cm³/mol. The lowest BCUT2D eigenvalue weighted by molar-refractivity contribution is 0.160. The van der Waals surface area contributed by atoms with Gasteiger partial charge in [-0.25, -0.2) is 30.7 Å². The number of sulfonamides is 1. The van der Waals surface area contributed by atoms with Crippen molar-refractivity contribution in [3.63, 3.8) is 0 Å². The van der Waals surface area contributed by atoms with E-state index in [1.54, 1.807) is 4.90 Å². The third-order valence-corrected chi connectivity index (χ3v) is 6.91. The number of benzene rings is 2. The van der Waals surface area contributed by atoms with Gasteiger partial charge >= 0.3 is 0 Å². The molecule has 170 valence electrons. The molecule has 0 aliphatic carbocycles. The van der Waals surface area contributed by atoms with Crippen molar-refractivity contribution in [2.24, 2.45) is 5.73 Å². The Hall–Kier alpha value is -2.01. The van der Waals surface area contributed by atoms with E-state index in [4.69, 9.17) is 5.73 Å². The van der Waals surface area contributed by atoms with Crippen LogP contribution in [0.1, 0.15) is 18.4 Å². The number of nitrogens with two attached hydrogens (primary N) is 1. The lowest BCUT2D eigenvalue weighted by Gasteiger charge is -2.28. The van der Waals surface area contributed by atoms with Gasteiger partial charge in [0, 0.05) is 25.2 Å². The van der Waals surface area contributed by atoms with E-state index in [9.17, 15) is 26.0 Å². The molecule has 3 N–H and O–H groups in total. The minimum absolute atomic E-state index is 0.0141. The normalized spacial score (nSPS) is 19.5. The minimum Gasteiger partial charge on any atom is -0.325 e. The third kappa shape index (κ3) is 6.25. The first-order chi connectivity index (χ1) is 14.7. The first-order valence-electron chi connectivity index (χ1n) is 9.98. The maximum absolute atomic E-state index is 14.8. The van der Waals surface area contributed by atoms with Crippen molar-refractivity contribution in [3.05, 3.63) is 65.5 Å². The molecule has 1 fully saturated rings. The van der Waals surface area contributed by atoms with Gasteiger partial charge < -0.3 is 5.73 Å². The number of hydrogen-bond donors (Lipinski definition) is 2. The van der Waals surface area contributed by atoms with Crippen LogP contribution in [0.2, 0.25) is 0 Å². The Morgan fingerprint density at radius 2 is 1.77 bits per heavy atom. The summed E-state index contributed by atoms with van der Waals surface area (Å²) in [6.45, 7) is 0.603. The highest BCUT2D eigenvalue weighted by atomic mass is 32.2. The second-order valence-electron chi connectivity index (χ2n) is 7.72. The van der Waals surface area contributed by atoms with Crippen LogP contribution in [0.25, 0.3) is 0 Å². The molecule has 0 amide bonds. The zero-order chi connectivity index (χ0) is 22.6. The Bertz CT molecular complexity index is 989. The van der Waals surface area contributed by atoms with Crippen molar-refractivity contribution in [2.45, 2.75) is 42.4 Å². The summed E-state index contributed by atoms with van der Waals surface area (Å²) in [6.07, 6.45) is -0.215. The maximum atomic E-state index is 14.8. The number of nitrogens with one attached hydrogen (secondary N) is 1. The van der Waals surface area contributed by atoms with Crippen molar-refractivity contribution in [1.29, 1.82) is 0 Å². The highest BCUT2D eigenvalue weighted by molar-refractivity contribution is 7.89. The smallest absolute Gasteiger partial charge is 0.240 e. The van der Waals surface area contributed by atoms with E-state index in [1.807, 2.05) is 0 Å². The van der Waals surface area contributed by atoms with Crippen molar-refractivity contribution in [2.75, 3.05) is 19.6 Å². The molecule has 0 bridgehead atoms. The lowest BCUT2D eigenvalue weighted by atomic mass is 10.0. The standard InChI is InChI=1S/C21H25F4N3O2S/c22-15-3-6-18(7-4-15)31(29,30)27-12-17-2-1-9-28(17)13-20(25)21(26)11-14-10-16(23)5-8-19(14)24/h3-8,10,17,20-21,27H,1-2,9,11-13,26H2/t17?,20?,21-/m1/s1. The number of alkyl halides is 1. The molecule has 0 aromatic heterocycles. The van der Waals surface area contributed by atoms with E-state index in [1.165, 1.54) is 12.1 Å². The second kappa shape index (κ2) is 10.1. The first kappa shape index (κ1) is 23.6. The molecule has 2 aromatic rings. The molecular formula is C21H25F4N3O2S. The minimum atomic E-state index is -3.82. The Morgan fingerprint density at radius 3 is 2.48 bits per heavy atom. The van der Waals surface area contributed by atoms with Gasteiger partial charge in [0.05, 0.1) is 4.90 Å². The van der Waals surface area contributed by atoms with E-state index < -0.39 is 39.7 Å². The largest absolute Gasteiger partial charge is 0.325 e. The van der Waals surface area contributed by atoms with Crippen LogP contribution < -0.4 is 10.5 Å². The molecule has 0 saturated carbocycles. The zero-order valence-corrected chi connectivity index (χ0v) is 17.6. The average molecular weight is 460 g/mol. The van der Waals surface area contributed by atoms with Gasteiger partial charge in [-0.05, 0) is 73.8 Å². The fourth-order valence-electron chi connectivity index (χ4n) is 3.71. The highest BCUT2D eigenvalue weighted by Gasteiger charge is 2.30. The number of nitrogens with zero attached hydrogens (tertiary/aromatic N) is 1. The summed E-state index contributed by atoms with van der Waals surface area (Å²) in [5.41, 5.74) is 5.90. The second-order valence-corrected chi connectivity index (χ2v) is 9.48. The molecule has 10 heteroatoms. The molecule has 1 aliphatic heterocycles. The average Bonchev–Trinajstić information content (AvgIpc) is 3.16. The SMILES string of the molecule is N[C@H](Cc1cc(F)ccc1F)C(F)CN1CCCC1CNS(=O)(=O)c1ccc(F)cc1. The summed E-state index contributed by atoms with van der Waals surface area (Å²) >= 11 is 0. The maximum Gasteiger partial charge on any atom is 0.240 e. The van der Waals surface area contributed by atoms with E-state index in [2.05, 4.69) is 4.72 Å². The van der Waals surface area contributed by atoms with Crippen LogP contribution in [0.5, 0.6) is 0 Å². The van der Waals surface area contributed by atoms with Gasteiger partial charge in [-0.1, -0.05) is 0 Å². The monoisotopic (exact) mass is 459 g/mol. The van der Waals surface area contributed by atoms with Gasteiger partial charge in [0.1, 0.15) is 23.6 Å². The van der Waals surface area contributed by atoms with Crippen LogP contribution in [0, 0.1) is 17.5 Å². The Balaban J connectivity index is 1.56. The van der Waals surface area contributed by atoms with Crippen LogP contribution >= 0.6 is 0 Å². The zero-order valence-electron chi connectivity index (χ0n) is 16.8. The van der Waals surface area contributed by atoms with Crippen LogP contribution in [-0.4, -0.2) is 51.2 Å². The van der Waals surface area contributed by atoms with Gasteiger partial charge in [0.15, 0.2) is 0 Å². The van der Waals surface area contributed by atoms with Gasteiger partial charge in [0.25, 0.3) is 0 Å². The quantitative estimate of drug-likeness (QED) is 0.566. The van der Waals surface area contributed by atoms with Gasteiger partial charge in [0.2, 0.25) is 10.0 Å². The summed E-state index contributed by atoms with van der Waals surface area (Å²) in [6, 6.07) is 6.18. The van der Waals surface area contributed by atoms with E-state index in [-0.39, 0.29) is 36.0 Å². The molecule has 1 heterocycles. The molecule has 0 radical (unpaired) electrons. The molecule has 0 spiro atoms. The van der Waals surface area contributed by atoms with Crippen molar-refractivity contribution < 1.29 is 26.0 Å². The van der Waals surface area contributed by atoms with Gasteiger partial charge in [-0.3, -0.25) is 4.90 Å². The predicted octanol–water partition coefficient (Wildman–Crippen LogP) is 2.75. The Morgan fingerprint density at radius 1 is 1.10 bits per heavy atom. The molecule has 5 nitrogen and oxygen atoms in total. The number of rotatable bonds is 9. The number of halogens is 4. The Labute approximate surface area is 179 Å². The molecule has 31 heavy (non-hydrogen) atoms. The van der Waals surface area contributed by atoms with Crippen LogP contribution in [0.3, 0.4) is 0 Å². The lowest BCUT2D eigenvalue weighted by Crippen LogP contribution is -2.47. The van der Waals surface area contributed by atoms with Crippen molar-refractivity contribution >= 4 is 10.0 Å². The molecule has 1 aliphatic rings. The molecular weight excluding hydrogens is 434 g/mol. The highest BCUT2D eigenvalue weighted by Crippen LogP contribution is 2.20. The number of likely N-dealkylation sites (tertiary alicyclic amines) is 1. The molecule has 2 aromatic carbocycles. The summed E-state index contributed by atoms with van der Waals surface area (Å²) in [5.74, 6) is -1.80. The van der Waals surface area contributed by atoms with E-state index in [0.717, 1.165) is 36.8 Å². The van der Waals surface area contributed by atoms with Crippen molar-refractivity contribution in [1.82, 2.24) is 9.62 Å². The van der Waals surface area contributed by atoms with Crippen LogP contribution in [0.15, 0.2) is 47.4 Å². The molecule has 2 unspecified atom stereocenters. The fraction of sp³-hybridized carbons (Fsp3) is 0.429. The van der Waals surface area contributed by atoms with Gasteiger partial charge in [-0.15, -0.1) is 0 Å². The van der Waals surface area contributed by atoms with Crippen LogP contribution in [0.4, 0.5) is 17.6 Å². The fourth-order valence-corrected chi connectivity index (χ4v) is 4.78. The summed E-state index contributed by atoms with van der Waals surface area (Å²) in [4.78, 5) is 1.75. The summed E-state index contributed by atoms with van der Waals surface area (Å²) < 4.78 is 82.1. The van der Waals surface area contributed by atoms with Crippen molar-refractivity contribution in [3.8, 4) is 0 Å². The number of hydrogen-bond acceptors (Lipinski definition) is 4. The van der Waals surface area contributed by atoms with E-state index in [0.29, 0.717) is 13.0 Å². The third-order valence-electron chi connectivity index (χ3n) is 5.47. The molecule has 1 saturated heterocycles. The summed E-state index contributed by atoms with van der Waals surface area (Å²) in [7, 11) is -3.82. The topological polar surface area (TPSA) is 75.4 Å². The van der Waals surface area contributed by atoms with E-state index >= 15 is 0 Å². The Kier molecular flexibility index (Phi) is 7.68. The van der Waals surface area contributed by atoms with Gasteiger partial charge in [-0.2, -0.15) is 0 Å². The summed E-state index contributed by atoms with van der Waals surface area (Å²) in [5, 5.41) is 0. The molecule has 3 rings (SSSR count). The first-order valence-corrected chi connectivity index (χ1v) is 11.5. The van der Waals surface area contributed by atoms with Crippen LogP contribution in [-0.2, 0) is 16.4 Å². The molecule has 3 atom stereocenters.